The molecule has 0 saturated heterocycles. The molecule has 0 amide bonds. The van der Waals surface area contributed by atoms with E-state index in [4.69, 9.17) is 11.6 Å². The highest BCUT2D eigenvalue weighted by Crippen LogP contribution is 2.43. The van der Waals surface area contributed by atoms with Gasteiger partial charge in [-0.25, -0.2) is 0 Å². The van der Waals surface area contributed by atoms with Gasteiger partial charge in [-0.15, -0.1) is 11.6 Å². The van der Waals surface area contributed by atoms with Crippen LogP contribution in [0.4, 0.5) is 0 Å². The molecule has 70 valence electrons. The summed E-state index contributed by atoms with van der Waals surface area (Å²) >= 11 is 6.27. The van der Waals surface area contributed by atoms with Crippen molar-refractivity contribution in [2.75, 3.05) is 0 Å². The molecule has 1 aromatic heterocycles. The van der Waals surface area contributed by atoms with Crippen LogP contribution in [0.15, 0.2) is 24.4 Å². The van der Waals surface area contributed by atoms with Crippen molar-refractivity contribution in [3.05, 3.63) is 30.1 Å². The molecular formula is C11H14ClN. The summed E-state index contributed by atoms with van der Waals surface area (Å²) in [6, 6.07) is 6.00. The van der Waals surface area contributed by atoms with Crippen molar-refractivity contribution >= 4 is 11.6 Å². The number of halogens is 1. The van der Waals surface area contributed by atoms with Crippen LogP contribution in [-0.2, 0) is 6.42 Å². The van der Waals surface area contributed by atoms with E-state index in [0.29, 0.717) is 0 Å². The highest BCUT2D eigenvalue weighted by molar-refractivity contribution is 6.21. The fourth-order valence-electron chi connectivity index (χ4n) is 1.72. The second-order valence-electron chi connectivity index (χ2n) is 3.92. The summed E-state index contributed by atoms with van der Waals surface area (Å²) in [5, 5.41) is 0.282. The second kappa shape index (κ2) is 3.67. The van der Waals surface area contributed by atoms with Crippen LogP contribution in [0.1, 0.15) is 19.0 Å². The number of pyridine rings is 1. The van der Waals surface area contributed by atoms with Gasteiger partial charge in [-0.3, -0.25) is 4.98 Å². The first-order valence-electron chi connectivity index (χ1n) is 4.81. The van der Waals surface area contributed by atoms with Gasteiger partial charge in [0.2, 0.25) is 0 Å². The number of rotatable bonds is 3. The van der Waals surface area contributed by atoms with Gasteiger partial charge in [0, 0.05) is 23.7 Å². The minimum atomic E-state index is 0.282. The fourth-order valence-corrected chi connectivity index (χ4v) is 2.23. The van der Waals surface area contributed by atoms with Crippen LogP contribution in [-0.4, -0.2) is 10.4 Å². The molecule has 0 spiro atoms. The quantitative estimate of drug-likeness (QED) is 0.676. The zero-order valence-electron chi connectivity index (χ0n) is 7.78. The van der Waals surface area contributed by atoms with Gasteiger partial charge in [-0.1, -0.05) is 13.0 Å². The van der Waals surface area contributed by atoms with Crippen LogP contribution in [0.2, 0.25) is 0 Å². The third kappa shape index (κ3) is 2.22. The van der Waals surface area contributed by atoms with Crippen LogP contribution in [0.5, 0.6) is 0 Å². The summed E-state index contributed by atoms with van der Waals surface area (Å²) < 4.78 is 0. The van der Waals surface area contributed by atoms with Crippen molar-refractivity contribution in [1.82, 2.24) is 4.98 Å². The zero-order chi connectivity index (χ0) is 9.26. The molecule has 1 aliphatic rings. The molecule has 1 fully saturated rings. The number of hydrogen-bond donors (Lipinski definition) is 0. The fraction of sp³-hybridized carbons (Fsp3) is 0.545. The first-order chi connectivity index (χ1) is 6.27. The molecule has 1 nitrogen and oxygen atoms in total. The molecule has 0 aromatic carbocycles. The Kier molecular flexibility index (Phi) is 2.54. The van der Waals surface area contributed by atoms with E-state index in [-0.39, 0.29) is 5.38 Å². The predicted molar refractivity (Wildman–Crippen MR) is 54.9 cm³/mol. The maximum absolute atomic E-state index is 6.27. The molecule has 0 radical (unpaired) electrons. The Morgan fingerprint density at radius 1 is 1.62 bits per heavy atom. The lowest BCUT2D eigenvalue weighted by Gasteiger charge is -2.06. The molecule has 2 rings (SSSR count). The van der Waals surface area contributed by atoms with E-state index in [1.165, 1.54) is 6.42 Å². The van der Waals surface area contributed by atoms with E-state index >= 15 is 0 Å². The Hall–Kier alpha value is -0.560. The molecule has 1 heterocycles. The molecule has 13 heavy (non-hydrogen) atoms. The second-order valence-corrected chi connectivity index (χ2v) is 4.48. The molecule has 3 atom stereocenters. The van der Waals surface area contributed by atoms with Gasteiger partial charge >= 0.3 is 0 Å². The number of nitrogens with zero attached hydrogens (tertiary/aromatic N) is 1. The van der Waals surface area contributed by atoms with Gasteiger partial charge in [0.15, 0.2) is 0 Å². The summed E-state index contributed by atoms with van der Waals surface area (Å²) in [7, 11) is 0. The Morgan fingerprint density at radius 2 is 2.38 bits per heavy atom. The molecule has 0 N–H and O–H groups in total. The predicted octanol–water partition coefficient (Wildman–Crippen LogP) is 2.89. The highest BCUT2D eigenvalue weighted by Gasteiger charge is 2.38. The topological polar surface area (TPSA) is 12.9 Å². The summed E-state index contributed by atoms with van der Waals surface area (Å²) in [5.41, 5.74) is 1.11. The summed E-state index contributed by atoms with van der Waals surface area (Å²) in [6.45, 7) is 2.26. The maximum Gasteiger partial charge on any atom is 0.0422 e. The lowest BCUT2D eigenvalue weighted by atomic mass is 10.1. The largest absolute Gasteiger partial charge is 0.261 e. The Balaban J connectivity index is 1.91. The van der Waals surface area contributed by atoms with Crippen LogP contribution >= 0.6 is 11.6 Å². The lowest BCUT2D eigenvalue weighted by Crippen LogP contribution is -2.07. The number of hydrogen-bond acceptors (Lipinski definition) is 1. The van der Waals surface area contributed by atoms with Gasteiger partial charge < -0.3 is 0 Å². The lowest BCUT2D eigenvalue weighted by molar-refractivity contribution is 0.674. The van der Waals surface area contributed by atoms with Crippen LogP contribution in [0.25, 0.3) is 0 Å². The SMILES string of the molecule is CC1CC1C(Cl)Cc1ccccn1. The van der Waals surface area contributed by atoms with Gasteiger partial charge in [0.05, 0.1) is 0 Å². The Bertz CT molecular complexity index is 273. The first-order valence-corrected chi connectivity index (χ1v) is 5.25. The number of aromatic nitrogens is 1. The molecule has 1 aromatic rings. The highest BCUT2D eigenvalue weighted by atomic mass is 35.5. The van der Waals surface area contributed by atoms with Crippen molar-refractivity contribution in [3.63, 3.8) is 0 Å². The zero-order valence-corrected chi connectivity index (χ0v) is 8.54. The Morgan fingerprint density at radius 3 is 2.92 bits per heavy atom. The van der Waals surface area contributed by atoms with Gasteiger partial charge in [-0.2, -0.15) is 0 Å². The van der Waals surface area contributed by atoms with Gasteiger partial charge in [-0.05, 0) is 30.4 Å². The van der Waals surface area contributed by atoms with Crippen LogP contribution in [0, 0.1) is 11.8 Å². The van der Waals surface area contributed by atoms with Gasteiger partial charge in [0.25, 0.3) is 0 Å². The smallest absolute Gasteiger partial charge is 0.0422 e. The van der Waals surface area contributed by atoms with E-state index in [1.54, 1.807) is 0 Å². The normalized spacial score (nSPS) is 28.5. The van der Waals surface area contributed by atoms with E-state index in [2.05, 4.69) is 11.9 Å². The minimum absolute atomic E-state index is 0.282. The van der Waals surface area contributed by atoms with E-state index < -0.39 is 0 Å². The van der Waals surface area contributed by atoms with E-state index in [0.717, 1.165) is 24.0 Å². The monoisotopic (exact) mass is 195 g/mol. The van der Waals surface area contributed by atoms with Crippen molar-refractivity contribution in [1.29, 1.82) is 0 Å². The van der Waals surface area contributed by atoms with Gasteiger partial charge in [0.1, 0.15) is 0 Å². The molecule has 3 unspecified atom stereocenters. The van der Waals surface area contributed by atoms with Crippen LogP contribution < -0.4 is 0 Å². The van der Waals surface area contributed by atoms with Crippen molar-refractivity contribution in [2.45, 2.75) is 25.1 Å². The van der Waals surface area contributed by atoms with Crippen molar-refractivity contribution < 1.29 is 0 Å². The van der Waals surface area contributed by atoms with Crippen LogP contribution in [0.3, 0.4) is 0 Å². The Labute approximate surface area is 84.1 Å². The first kappa shape index (κ1) is 9.01. The average Bonchev–Trinajstić information content (AvgIpc) is 2.84. The molecule has 2 heteroatoms. The van der Waals surface area contributed by atoms with Crippen molar-refractivity contribution in [2.24, 2.45) is 11.8 Å². The van der Waals surface area contributed by atoms with Crippen molar-refractivity contribution in [3.8, 4) is 0 Å². The molecule has 0 aliphatic heterocycles. The van der Waals surface area contributed by atoms with E-state index in [9.17, 15) is 0 Å². The number of alkyl halides is 1. The van der Waals surface area contributed by atoms with E-state index in [1.807, 2.05) is 24.4 Å². The molecule has 1 aliphatic carbocycles. The standard InChI is InChI=1S/C11H14ClN/c1-8-6-10(8)11(12)7-9-4-2-3-5-13-9/h2-5,8,10-11H,6-7H2,1H3. The summed E-state index contributed by atoms with van der Waals surface area (Å²) in [5.74, 6) is 1.55. The summed E-state index contributed by atoms with van der Waals surface area (Å²) in [4.78, 5) is 4.27. The third-order valence-corrected chi connectivity index (χ3v) is 3.24. The minimum Gasteiger partial charge on any atom is -0.261 e. The summed E-state index contributed by atoms with van der Waals surface area (Å²) in [6.07, 6.45) is 4.04. The molecule has 0 bridgehead atoms. The average molecular weight is 196 g/mol. The molecule has 1 saturated carbocycles. The maximum atomic E-state index is 6.27. The third-order valence-electron chi connectivity index (χ3n) is 2.77. The molecular weight excluding hydrogens is 182 g/mol.